The molecular formula is C27H30ClN3O5S. The van der Waals surface area contributed by atoms with Crippen molar-refractivity contribution in [3.8, 4) is 5.75 Å². The maximum Gasteiger partial charge on any atom is 0.264 e. The third-order valence-corrected chi connectivity index (χ3v) is 8.12. The summed E-state index contributed by atoms with van der Waals surface area (Å²) < 4.78 is 33.7. The molecule has 0 saturated heterocycles. The number of carbonyl (C=O) groups is 2. The van der Waals surface area contributed by atoms with E-state index in [9.17, 15) is 18.0 Å². The van der Waals surface area contributed by atoms with Crippen LogP contribution in [0.1, 0.15) is 18.1 Å². The van der Waals surface area contributed by atoms with E-state index in [1.54, 1.807) is 67.6 Å². The summed E-state index contributed by atoms with van der Waals surface area (Å²) in [4.78, 5) is 27.6. The van der Waals surface area contributed by atoms with Gasteiger partial charge in [-0.3, -0.25) is 13.9 Å². The Balaban J connectivity index is 2.04. The van der Waals surface area contributed by atoms with Gasteiger partial charge >= 0.3 is 0 Å². The van der Waals surface area contributed by atoms with Crippen LogP contribution in [0.2, 0.25) is 5.02 Å². The van der Waals surface area contributed by atoms with Gasteiger partial charge in [0.1, 0.15) is 18.3 Å². The van der Waals surface area contributed by atoms with Gasteiger partial charge in [-0.2, -0.15) is 0 Å². The monoisotopic (exact) mass is 543 g/mol. The molecule has 3 aromatic carbocycles. The van der Waals surface area contributed by atoms with Crippen LogP contribution < -0.4 is 14.4 Å². The van der Waals surface area contributed by atoms with Gasteiger partial charge in [-0.1, -0.05) is 47.5 Å². The number of anilines is 1. The number of aryl methyl sites for hydroxylation is 1. The number of amides is 2. The normalized spacial score (nSPS) is 11.9. The summed E-state index contributed by atoms with van der Waals surface area (Å²) in [6, 6.07) is 18.9. The first-order chi connectivity index (χ1) is 17.6. The summed E-state index contributed by atoms with van der Waals surface area (Å²) in [5.41, 5.74) is 1.81. The van der Waals surface area contributed by atoms with Gasteiger partial charge in [-0.25, -0.2) is 8.42 Å². The van der Waals surface area contributed by atoms with Crippen molar-refractivity contribution in [1.82, 2.24) is 10.2 Å². The molecule has 196 valence electrons. The largest absolute Gasteiger partial charge is 0.497 e. The maximum absolute atomic E-state index is 13.8. The molecule has 0 fully saturated rings. The van der Waals surface area contributed by atoms with Crippen LogP contribution in [0.25, 0.3) is 0 Å². The second-order valence-electron chi connectivity index (χ2n) is 8.43. The minimum atomic E-state index is -4.13. The summed E-state index contributed by atoms with van der Waals surface area (Å²) >= 11 is 6.33. The molecule has 0 aliphatic rings. The van der Waals surface area contributed by atoms with Crippen molar-refractivity contribution < 1.29 is 22.7 Å². The number of hydrogen-bond donors (Lipinski definition) is 1. The number of nitrogens with one attached hydrogen (secondary N) is 1. The Hall–Kier alpha value is -3.56. The van der Waals surface area contributed by atoms with E-state index >= 15 is 0 Å². The van der Waals surface area contributed by atoms with E-state index in [-0.39, 0.29) is 17.1 Å². The van der Waals surface area contributed by atoms with Crippen LogP contribution in [0.4, 0.5) is 5.69 Å². The topological polar surface area (TPSA) is 96.0 Å². The third kappa shape index (κ3) is 6.61. The minimum absolute atomic E-state index is 0.0219. The molecule has 3 rings (SSSR count). The third-order valence-electron chi connectivity index (χ3n) is 5.96. The van der Waals surface area contributed by atoms with Gasteiger partial charge in [-0.15, -0.1) is 0 Å². The fraction of sp³-hybridized carbons (Fsp3) is 0.259. The molecule has 0 spiro atoms. The Morgan fingerprint density at radius 2 is 1.62 bits per heavy atom. The van der Waals surface area contributed by atoms with E-state index in [4.69, 9.17) is 16.3 Å². The van der Waals surface area contributed by atoms with E-state index in [0.29, 0.717) is 16.3 Å². The van der Waals surface area contributed by atoms with E-state index in [0.717, 1.165) is 9.87 Å². The van der Waals surface area contributed by atoms with E-state index in [2.05, 4.69) is 5.32 Å². The quantitative estimate of drug-likeness (QED) is 0.417. The molecule has 0 saturated carbocycles. The van der Waals surface area contributed by atoms with Crippen LogP contribution in [0.5, 0.6) is 5.75 Å². The molecule has 0 unspecified atom stereocenters. The Morgan fingerprint density at radius 1 is 1.00 bits per heavy atom. The molecule has 10 heteroatoms. The molecule has 3 aromatic rings. The number of hydrogen-bond acceptors (Lipinski definition) is 5. The van der Waals surface area contributed by atoms with Crippen LogP contribution in [0, 0.1) is 6.92 Å². The molecule has 0 radical (unpaired) electrons. The van der Waals surface area contributed by atoms with Gasteiger partial charge in [0, 0.05) is 18.6 Å². The van der Waals surface area contributed by atoms with Crippen molar-refractivity contribution in [2.75, 3.05) is 25.0 Å². The summed E-state index contributed by atoms with van der Waals surface area (Å²) in [7, 11) is -1.15. The molecular weight excluding hydrogens is 514 g/mol. The zero-order chi connectivity index (χ0) is 27.2. The van der Waals surface area contributed by atoms with Gasteiger partial charge in [0.25, 0.3) is 10.0 Å². The number of rotatable bonds is 10. The Kier molecular flexibility index (Phi) is 9.18. The lowest BCUT2D eigenvalue weighted by atomic mass is 10.1. The number of methoxy groups -OCH3 is 1. The average Bonchev–Trinajstić information content (AvgIpc) is 2.90. The number of likely N-dealkylation sites (N-methyl/N-ethyl adjacent to an activating group) is 1. The van der Waals surface area contributed by atoms with Crippen LogP contribution >= 0.6 is 11.6 Å². The second kappa shape index (κ2) is 12.1. The predicted octanol–water partition coefficient (Wildman–Crippen LogP) is 4.02. The first-order valence-corrected chi connectivity index (χ1v) is 13.4. The smallest absolute Gasteiger partial charge is 0.264 e. The summed E-state index contributed by atoms with van der Waals surface area (Å²) in [5, 5.41) is 2.98. The van der Waals surface area contributed by atoms with Gasteiger partial charge in [0.2, 0.25) is 11.8 Å². The van der Waals surface area contributed by atoms with Crippen LogP contribution in [0.15, 0.2) is 77.7 Å². The highest BCUT2D eigenvalue weighted by Gasteiger charge is 2.32. The first kappa shape index (κ1) is 28.0. The number of carbonyl (C=O) groups excluding carboxylic acids is 2. The number of sulfonamides is 1. The van der Waals surface area contributed by atoms with Crippen LogP contribution in [-0.2, 0) is 26.2 Å². The SMILES string of the molecule is CNC(=O)[C@H](C)N(Cc1ccccc1Cl)C(=O)CN(c1ccc(OC)cc1)S(=O)(=O)c1ccc(C)cc1. The fourth-order valence-electron chi connectivity index (χ4n) is 3.72. The number of nitrogens with zero attached hydrogens (tertiary/aromatic N) is 2. The van der Waals surface area contributed by atoms with Crippen molar-refractivity contribution in [2.45, 2.75) is 31.3 Å². The lowest BCUT2D eigenvalue weighted by Crippen LogP contribution is -2.50. The zero-order valence-corrected chi connectivity index (χ0v) is 22.7. The minimum Gasteiger partial charge on any atom is -0.497 e. The molecule has 0 bridgehead atoms. The van der Waals surface area contributed by atoms with Crippen molar-refractivity contribution in [3.05, 3.63) is 88.9 Å². The van der Waals surface area contributed by atoms with Crippen molar-refractivity contribution in [2.24, 2.45) is 0 Å². The lowest BCUT2D eigenvalue weighted by Gasteiger charge is -2.32. The second-order valence-corrected chi connectivity index (χ2v) is 10.7. The zero-order valence-electron chi connectivity index (χ0n) is 21.1. The van der Waals surface area contributed by atoms with Crippen molar-refractivity contribution >= 4 is 39.1 Å². The van der Waals surface area contributed by atoms with E-state index in [1.807, 2.05) is 6.92 Å². The maximum atomic E-state index is 13.8. The predicted molar refractivity (Wildman–Crippen MR) is 144 cm³/mol. The highest BCUT2D eigenvalue weighted by molar-refractivity contribution is 7.92. The first-order valence-electron chi connectivity index (χ1n) is 11.6. The highest BCUT2D eigenvalue weighted by Crippen LogP contribution is 2.27. The number of halogens is 1. The standard InChI is InChI=1S/C27H30ClN3O5S/c1-19-9-15-24(16-10-19)37(34,35)31(22-11-13-23(36-4)14-12-22)18-26(32)30(20(2)27(33)29-3)17-21-7-5-6-8-25(21)28/h5-16,20H,17-18H2,1-4H3,(H,29,33)/t20-/m0/s1. The Morgan fingerprint density at radius 3 is 2.19 bits per heavy atom. The fourth-order valence-corrected chi connectivity index (χ4v) is 5.33. The number of ether oxygens (including phenoxy) is 1. The van der Waals surface area contributed by atoms with Gasteiger partial charge in [-0.05, 0) is 61.9 Å². The van der Waals surface area contributed by atoms with E-state index in [1.165, 1.54) is 31.2 Å². The highest BCUT2D eigenvalue weighted by atomic mass is 35.5. The van der Waals surface area contributed by atoms with Crippen molar-refractivity contribution in [1.29, 1.82) is 0 Å². The average molecular weight is 544 g/mol. The van der Waals surface area contributed by atoms with Crippen LogP contribution in [-0.4, -0.2) is 51.9 Å². The van der Waals surface area contributed by atoms with Gasteiger partial charge in [0.15, 0.2) is 0 Å². The Labute approximate surface area is 222 Å². The lowest BCUT2D eigenvalue weighted by molar-refractivity contribution is -0.139. The summed E-state index contributed by atoms with van der Waals surface area (Å²) in [6.45, 7) is 2.93. The van der Waals surface area contributed by atoms with Crippen LogP contribution in [0.3, 0.4) is 0 Å². The molecule has 0 heterocycles. The molecule has 0 aliphatic carbocycles. The Bertz CT molecular complexity index is 1350. The van der Waals surface area contributed by atoms with Gasteiger partial charge < -0.3 is 15.0 Å². The molecule has 37 heavy (non-hydrogen) atoms. The number of benzene rings is 3. The molecule has 0 aliphatic heterocycles. The summed E-state index contributed by atoms with van der Waals surface area (Å²) in [6.07, 6.45) is 0. The molecule has 8 nitrogen and oxygen atoms in total. The van der Waals surface area contributed by atoms with E-state index < -0.39 is 34.4 Å². The molecule has 1 N–H and O–H groups in total. The van der Waals surface area contributed by atoms with Crippen molar-refractivity contribution in [3.63, 3.8) is 0 Å². The molecule has 0 aromatic heterocycles. The molecule has 1 atom stereocenters. The van der Waals surface area contributed by atoms with Gasteiger partial charge in [0.05, 0.1) is 17.7 Å². The summed E-state index contributed by atoms with van der Waals surface area (Å²) in [5.74, 6) is -0.420. The molecule has 2 amide bonds.